The summed E-state index contributed by atoms with van der Waals surface area (Å²) >= 11 is 0. The van der Waals surface area contributed by atoms with Gasteiger partial charge in [-0.3, -0.25) is 0 Å². The van der Waals surface area contributed by atoms with E-state index in [0.717, 1.165) is 28.0 Å². The minimum Gasteiger partial charge on any atom is -0.343 e. The molecule has 4 rings (SSSR count). The third-order valence-corrected chi connectivity index (χ3v) is 3.74. The molecule has 0 unspecified atom stereocenters. The molecule has 3 aromatic heterocycles. The SMILES string of the molecule is Cc1[nH]c2ncccc2c1-c1cn(Cc2ccccc2)nn1. The van der Waals surface area contributed by atoms with Crippen molar-refractivity contribution in [2.24, 2.45) is 0 Å². The van der Waals surface area contributed by atoms with Crippen LogP contribution in [-0.2, 0) is 6.54 Å². The molecule has 0 saturated heterocycles. The van der Waals surface area contributed by atoms with E-state index in [-0.39, 0.29) is 0 Å². The molecule has 0 radical (unpaired) electrons. The average molecular weight is 289 g/mol. The fourth-order valence-electron chi connectivity index (χ4n) is 2.74. The van der Waals surface area contributed by atoms with Crippen molar-refractivity contribution in [2.75, 3.05) is 0 Å². The lowest BCUT2D eigenvalue weighted by Gasteiger charge is -1.99. The zero-order chi connectivity index (χ0) is 14.9. The van der Waals surface area contributed by atoms with Gasteiger partial charge in [-0.15, -0.1) is 5.10 Å². The molecule has 0 spiro atoms. The molecule has 22 heavy (non-hydrogen) atoms. The maximum atomic E-state index is 4.35. The smallest absolute Gasteiger partial charge is 0.138 e. The van der Waals surface area contributed by atoms with Crippen molar-refractivity contribution in [3.63, 3.8) is 0 Å². The second kappa shape index (κ2) is 5.11. The Bertz CT molecular complexity index is 921. The lowest BCUT2D eigenvalue weighted by molar-refractivity contribution is 0.650. The van der Waals surface area contributed by atoms with Crippen LogP contribution in [0.15, 0.2) is 54.9 Å². The fourth-order valence-corrected chi connectivity index (χ4v) is 2.74. The molecule has 0 aliphatic rings. The summed E-state index contributed by atoms with van der Waals surface area (Å²) in [5, 5.41) is 9.65. The number of nitrogens with one attached hydrogen (secondary N) is 1. The van der Waals surface area contributed by atoms with Crippen LogP contribution >= 0.6 is 0 Å². The fraction of sp³-hybridized carbons (Fsp3) is 0.118. The molecule has 5 nitrogen and oxygen atoms in total. The minimum absolute atomic E-state index is 0.716. The van der Waals surface area contributed by atoms with Gasteiger partial charge in [0.05, 0.1) is 12.7 Å². The Kier molecular flexibility index (Phi) is 2.96. The number of rotatable bonds is 3. The first-order valence-corrected chi connectivity index (χ1v) is 7.19. The van der Waals surface area contributed by atoms with Crippen molar-refractivity contribution in [1.29, 1.82) is 0 Å². The van der Waals surface area contributed by atoms with Gasteiger partial charge in [0.25, 0.3) is 0 Å². The van der Waals surface area contributed by atoms with Crippen LogP contribution in [-0.4, -0.2) is 25.0 Å². The maximum Gasteiger partial charge on any atom is 0.138 e. The molecule has 4 aromatic rings. The van der Waals surface area contributed by atoms with Gasteiger partial charge < -0.3 is 4.98 Å². The molecule has 0 saturated carbocycles. The molecule has 0 amide bonds. The van der Waals surface area contributed by atoms with Gasteiger partial charge in [-0.2, -0.15) is 0 Å². The zero-order valence-electron chi connectivity index (χ0n) is 12.2. The number of benzene rings is 1. The summed E-state index contributed by atoms with van der Waals surface area (Å²) in [5.41, 5.74) is 5.08. The van der Waals surface area contributed by atoms with E-state index in [4.69, 9.17) is 0 Å². The Morgan fingerprint density at radius 3 is 2.82 bits per heavy atom. The van der Waals surface area contributed by atoms with Crippen LogP contribution in [0.2, 0.25) is 0 Å². The molecular formula is C17H15N5. The van der Waals surface area contributed by atoms with Crippen molar-refractivity contribution in [1.82, 2.24) is 25.0 Å². The molecule has 0 aliphatic carbocycles. The predicted octanol–water partition coefficient (Wildman–Crippen LogP) is 3.18. The van der Waals surface area contributed by atoms with E-state index in [2.05, 4.69) is 38.5 Å². The highest BCUT2D eigenvalue weighted by Crippen LogP contribution is 2.29. The summed E-state index contributed by atoms with van der Waals surface area (Å²) in [6, 6.07) is 14.2. The monoisotopic (exact) mass is 289 g/mol. The summed E-state index contributed by atoms with van der Waals surface area (Å²) in [4.78, 5) is 7.65. The maximum absolute atomic E-state index is 4.35. The third-order valence-electron chi connectivity index (χ3n) is 3.74. The van der Waals surface area contributed by atoms with Gasteiger partial charge in [-0.05, 0) is 24.6 Å². The molecule has 0 bridgehead atoms. The first kappa shape index (κ1) is 12.8. The molecule has 0 aliphatic heterocycles. The van der Waals surface area contributed by atoms with E-state index < -0.39 is 0 Å². The highest BCUT2D eigenvalue weighted by molar-refractivity contribution is 5.94. The standard InChI is InChI=1S/C17H15N5/c1-12-16(14-8-5-9-18-17(14)19-12)15-11-22(21-20-15)10-13-6-3-2-4-7-13/h2-9,11H,10H2,1H3,(H,18,19). The summed E-state index contributed by atoms with van der Waals surface area (Å²) in [6.45, 7) is 2.75. The number of H-pyrrole nitrogens is 1. The van der Waals surface area contributed by atoms with Gasteiger partial charge in [0, 0.05) is 22.8 Å². The topological polar surface area (TPSA) is 59.4 Å². The Morgan fingerprint density at radius 1 is 1.09 bits per heavy atom. The van der Waals surface area contributed by atoms with Crippen molar-refractivity contribution < 1.29 is 0 Å². The number of aryl methyl sites for hydroxylation is 1. The summed E-state index contributed by atoms with van der Waals surface area (Å²) in [7, 11) is 0. The first-order chi connectivity index (χ1) is 10.8. The summed E-state index contributed by atoms with van der Waals surface area (Å²) in [6.07, 6.45) is 3.77. The molecule has 0 atom stereocenters. The second-order valence-electron chi connectivity index (χ2n) is 5.31. The van der Waals surface area contributed by atoms with Crippen LogP contribution in [0, 0.1) is 6.92 Å². The highest BCUT2D eigenvalue weighted by atomic mass is 15.4. The van der Waals surface area contributed by atoms with E-state index in [0.29, 0.717) is 6.54 Å². The van der Waals surface area contributed by atoms with Gasteiger partial charge in [-0.25, -0.2) is 9.67 Å². The Morgan fingerprint density at radius 2 is 1.95 bits per heavy atom. The number of hydrogen-bond donors (Lipinski definition) is 1. The molecule has 5 heteroatoms. The van der Waals surface area contributed by atoms with Crippen LogP contribution in [0.5, 0.6) is 0 Å². The number of aromatic nitrogens is 5. The predicted molar refractivity (Wildman–Crippen MR) is 85.4 cm³/mol. The number of fused-ring (bicyclic) bond motifs is 1. The van der Waals surface area contributed by atoms with Crippen LogP contribution in [0.4, 0.5) is 0 Å². The average Bonchev–Trinajstić information content (AvgIpc) is 3.11. The molecule has 3 heterocycles. The van der Waals surface area contributed by atoms with E-state index in [1.807, 2.05) is 42.1 Å². The third kappa shape index (κ3) is 2.16. The summed E-state index contributed by atoms with van der Waals surface area (Å²) in [5.74, 6) is 0. The molecule has 108 valence electrons. The minimum atomic E-state index is 0.716. The molecule has 0 fully saturated rings. The van der Waals surface area contributed by atoms with E-state index in [1.54, 1.807) is 6.20 Å². The second-order valence-corrected chi connectivity index (χ2v) is 5.31. The number of aromatic amines is 1. The highest BCUT2D eigenvalue weighted by Gasteiger charge is 2.14. The van der Waals surface area contributed by atoms with Gasteiger partial charge in [0.2, 0.25) is 0 Å². The quantitative estimate of drug-likeness (QED) is 0.630. The Labute approximate surface area is 127 Å². The van der Waals surface area contributed by atoms with Crippen molar-refractivity contribution in [3.8, 4) is 11.3 Å². The van der Waals surface area contributed by atoms with Gasteiger partial charge in [-0.1, -0.05) is 35.5 Å². The normalized spacial score (nSPS) is 11.1. The zero-order valence-corrected chi connectivity index (χ0v) is 12.2. The van der Waals surface area contributed by atoms with Crippen LogP contribution in [0.25, 0.3) is 22.3 Å². The Hall–Kier alpha value is -2.95. The number of pyridine rings is 1. The van der Waals surface area contributed by atoms with Crippen LogP contribution < -0.4 is 0 Å². The van der Waals surface area contributed by atoms with Crippen LogP contribution in [0.1, 0.15) is 11.3 Å². The largest absolute Gasteiger partial charge is 0.343 e. The van der Waals surface area contributed by atoms with Gasteiger partial charge >= 0.3 is 0 Å². The number of hydrogen-bond acceptors (Lipinski definition) is 3. The van der Waals surface area contributed by atoms with Crippen molar-refractivity contribution in [2.45, 2.75) is 13.5 Å². The molecular weight excluding hydrogens is 274 g/mol. The van der Waals surface area contributed by atoms with Gasteiger partial charge in [0.15, 0.2) is 0 Å². The molecule has 1 N–H and O–H groups in total. The summed E-state index contributed by atoms with van der Waals surface area (Å²) < 4.78 is 1.86. The van der Waals surface area contributed by atoms with Crippen LogP contribution in [0.3, 0.4) is 0 Å². The number of nitrogens with zero attached hydrogens (tertiary/aromatic N) is 4. The van der Waals surface area contributed by atoms with Crippen molar-refractivity contribution >= 4 is 11.0 Å². The Balaban J connectivity index is 1.73. The van der Waals surface area contributed by atoms with E-state index >= 15 is 0 Å². The van der Waals surface area contributed by atoms with Gasteiger partial charge in [0.1, 0.15) is 11.3 Å². The van der Waals surface area contributed by atoms with E-state index in [1.165, 1.54) is 5.56 Å². The lowest BCUT2D eigenvalue weighted by Crippen LogP contribution is -1.99. The lowest BCUT2D eigenvalue weighted by atomic mass is 10.1. The van der Waals surface area contributed by atoms with Crippen molar-refractivity contribution in [3.05, 3.63) is 66.1 Å². The molecule has 1 aromatic carbocycles. The van der Waals surface area contributed by atoms with E-state index in [9.17, 15) is 0 Å². The first-order valence-electron chi connectivity index (χ1n) is 7.19.